The van der Waals surface area contributed by atoms with Gasteiger partial charge in [-0.3, -0.25) is 0 Å². The van der Waals surface area contributed by atoms with Crippen LogP contribution in [0.2, 0.25) is 0 Å². The molecule has 0 aliphatic carbocycles. The van der Waals surface area contributed by atoms with Crippen molar-refractivity contribution in [1.82, 2.24) is 4.90 Å². The van der Waals surface area contributed by atoms with Crippen molar-refractivity contribution in [3.63, 3.8) is 0 Å². The summed E-state index contributed by atoms with van der Waals surface area (Å²) in [7, 11) is 2.20. The van der Waals surface area contributed by atoms with Crippen LogP contribution in [0.4, 0.5) is 5.69 Å². The topological polar surface area (TPSA) is 35.5 Å². The van der Waals surface area contributed by atoms with Gasteiger partial charge in [-0.15, -0.1) is 0 Å². The third-order valence-corrected chi connectivity index (χ3v) is 4.16. The van der Waals surface area contributed by atoms with Crippen LogP contribution in [-0.4, -0.2) is 35.7 Å². The van der Waals surface area contributed by atoms with Gasteiger partial charge in [0.05, 0.1) is 0 Å². The van der Waals surface area contributed by atoms with Crippen LogP contribution in [0.15, 0.2) is 18.2 Å². The minimum atomic E-state index is 0.366. The molecule has 0 bridgehead atoms. The molecule has 100 valence electrons. The molecule has 3 nitrogen and oxygen atoms in total. The maximum absolute atomic E-state index is 9.54. The van der Waals surface area contributed by atoms with E-state index in [-0.39, 0.29) is 0 Å². The third-order valence-electron chi connectivity index (χ3n) is 4.16. The highest BCUT2D eigenvalue weighted by molar-refractivity contribution is 5.51. The van der Waals surface area contributed by atoms with Crippen LogP contribution in [0.3, 0.4) is 0 Å². The Morgan fingerprint density at radius 3 is 2.72 bits per heavy atom. The zero-order chi connectivity index (χ0) is 13.3. The number of anilines is 1. The summed E-state index contributed by atoms with van der Waals surface area (Å²) in [5, 5.41) is 13.2. The second kappa shape index (κ2) is 5.19. The molecule has 1 saturated heterocycles. The van der Waals surface area contributed by atoms with Gasteiger partial charge < -0.3 is 15.3 Å². The highest BCUT2D eigenvalue weighted by atomic mass is 16.3. The van der Waals surface area contributed by atoms with E-state index in [0.29, 0.717) is 23.8 Å². The summed E-state index contributed by atoms with van der Waals surface area (Å²) in [5.74, 6) is 1.01. The lowest BCUT2D eigenvalue weighted by Gasteiger charge is -2.40. The monoisotopic (exact) mass is 248 g/mol. The Bertz CT molecular complexity index is 419. The van der Waals surface area contributed by atoms with Gasteiger partial charge in [0, 0.05) is 24.3 Å². The predicted octanol–water partition coefficient (Wildman–Crippen LogP) is 2.84. The number of benzene rings is 1. The lowest BCUT2D eigenvalue weighted by molar-refractivity contribution is 0.145. The first-order chi connectivity index (χ1) is 8.47. The van der Waals surface area contributed by atoms with Crippen molar-refractivity contribution < 1.29 is 5.11 Å². The number of phenolic OH excluding ortho intramolecular Hbond substituents is 1. The van der Waals surface area contributed by atoms with Gasteiger partial charge in [-0.1, -0.05) is 6.92 Å². The molecule has 3 heteroatoms. The molecule has 3 atom stereocenters. The number of aryl methyl sites for hydroxylation is 1. The summed E-state index contributed by atoms with van der Waals surface area (Å²) in [4.78, 5) is 2.42. The van der Waals surface area contributed by atoms with Gasteiger partial charge >= 0.3 is 0 Å². The Hall–Kier alpha value is -1.22. The number of nitrogens with one attached hydrogen (secondary N) is 1. The van der Waals surface area contributed by atoms with Crippen LogP contribution in [0.1, 0.15) is 25.8 Å². The number of likely N-dealkylation sites (tertiary alicyclic amines) is 1. The Morgan fingerprint density at radius 1 is 1.33 bits per heavy atom. The van der Waals surface area contributed by atoms with Gasteiger partial charge in [-0.2, -0.15) is 0 Å². The van der Waals surface area contributed by atoms with Crippen molar-refractivity contribution in [3.05, 3.63) is 23.8 Å². The molecule has 1 heterocycles. The van der Waals surface area contributed by atoms with E-state index < -0.39 is 0 Å². The van der Waals surface area contributed by atoms with Gasteiger partial charge in [0.1, 0.15) is 5.75 Å². The molecule has 2 N–H and O–H groups in total. The molecule has 18 heavy (non-hydrogen) atoms. The van der Waals surface area contributed by atoms with Crippen molar-refractivity contribution >= 4 is 5.69 Å². The van der Waals surface area contributed by atoms with Crippen LogP contribution >= 0.6 is 0 Å². The fourth-order valence-corrected chi connectivity index (χ4v) is 2.70. The Morgan fingerprint density at radius 2 is 2.06 bits per heavy atom. The number of piperidine rings is 1. The third kappa shape index (κ3) is 2.78. The zero-order valence-corrected chi connectivity index (χ0v) is 11.8. The second-order valence-corrected chi connectivity index (χ2v) is 5.75. The van der Waals surface area contributed by atoms with Crippen LogP contribution in [0, 0.1) is 12.8 Å². The van der Waals surface area contributed by atoms with Gasteiger partial charge in [0.2, 0.25) is 0 Å². The minimum Gasteiger partial charge on any atom is -0.508 e. The number of nitrogens with zero attached hydrogens (tertiary/aromatic N) is 1. The SMILES string of the molecule is Cc1cc(NC2CC(C)N(C)CC2C)ccc1O. The number of phenols is 1. The molecular weight excluding hydrogens is 224 g/mol. The molecular formula is C15H24N2O. The average molecular weight is 248 g/mol. The Balaban J connectivity index is 2.06. The lowest BCUT2D eigenvalue weighted by atomic mass is 9.89. The number of hydrogen-bond donors (Lipinski definition) is 2. The van der Waals surface area contributed by atoms with Crippen molar-refractivity contribution in [2.75, 3.05) is 18.9 Å². The largest absolute Gasteiger partial charge is 0.508 e. The fraction of sp³-hybridized carbons (Fsp3) is 0.600. The quantitative estimate of drug-likeness (QED) is 0.790. The highest BCUT2D eigenvalue weighted by Crippen LogP contribution is 2.26. The zero-order valence-electron chi connectivity index (χ0n) is 11.8. The molecule has 1 aromatic carbocycles. The summed E-state index contributed by atoms with van der Waals surface area (Å²) in [6.07, 6.45) is 1.16. The van der Waals surface area contributed by atoms with E-state index in [4.69, 9.17) is 0 Å². The smallest absolute Gasteiger partial charge is 0.118 e. The van der Waals surface area contributed by atoms with E-state index >= 15 is 0 Å². The minimum absolute atomic E-state index is 0.366. The number of rotatable bonds is 2. The molecule has 2 rings (SSSR count). The van der Waals surface area contributed by atoms with E-state index in [1.54, 1.807) is 6.07 Å². The first-order valence-corrected chi connectivity index (χ1v) is 6.73. The molecule has 0 saturated carbocycles. The molecule has 0 amide bonds. The van der Waals surface area contributed by atoms with Gasteiger partial charge in [0.15, 0.2) is 0 Å². The number of hydrogen-bond acceptors (Lipinski definition) is 3. The Kier molecular flexibility index (Phi) is 3.81. The van der Waals surface area contributed by atoms with Crippen molar-refractivity contribution in [1.29, 1.82) is 0 Å². The van der Waals surface area contributed by atoms with Gasteiger partial charge in [-0.05, 0) is 57.0 Å². The van der Waals surface area contributed by atoms with E-state index in [9.17, 15) is 5.11 Å². The summed E-state index contributed by atoms with van der Waals surface area (Å²) in [6, 6.07) is 6.88. The van der Waals surface area contributed by atoms with Crippen LogP contribution in [0.25, 0.3) is 0 Å². The highest BCUT2D eigenvalue weighted by Gasteiger charge is 2.28. The summed E-state index contributed by atoms with van der Waals surface area (Å²) in [5.41, 5.74) is 2.03. The molecule has 1 aliphatic heterocycles. The summed E-state index contributed by atoms with van der Waals surface area (Å²) >= 11 is 0. The normalized spacial score (nSPS) is 29.2. The Labute approximate surface area is 110 Å². The van der Waals surface area contributed by atoms with Crippen molar-refractivity contribution in [2.45, 2.75) is 39.3 Å². The molecule has 0 spiro atoms. The van der Waals surface area contributed by atoms with Gasteiger partial charge in [-0.25, -0.2) is 0 Å². The lowest BCUT2D eigenvalue weighted by Crippen LogP contribution is -2.48. The van der Waals surface area contributed by atoms with Crippen molar-refractivity contribution in [3.8, 4) is 5.75 Å². The molecule has 3 unspecified atom stereocenters. The first-order valence-electron chi connectivity index (χ1n) is 6.73. The van der Waals surface area contributed by atoms with E-state index in [2.05, 4.69) is 31.1 Å². The molecule has 1 aromatic rings. The van der Waals surface area contributed by atoms with Crippen molar-refractivity contribution in [2.24, 2.45) is 5.92 Å². The fourth-order valence-electron chi connectivity index (χ4n) is 2.70. The van der Waals surface area contributed by atoms with Crippen LogP contribution in [-0.2, 0) is 0 Å². The van der Waals surface area contributed by atoms with E-state index in [1.165, 1.54) is 0 Å². The standard InChI is InChI=1S/C15H24N2O/c1-10-7-13(5-6-15(10)18)16-14-8-12(3)17(4)9-11(14)2/h5-7,11-12,14,16,18H,8-9H2,1-4H3. The maximum atomic E-state index is 9.54. The van der Waals surface area contributed by atoms with E-state index in [1.807, 2.05) is 19.1 Å². The number of aromatic hydroxyl groups is 1. The maximum Gasteiger partial charge on any atom is 0.118 e. The molecule has 0 aromatic heterocycles. The van der Waals surface area contributed by atoms with Crippen LogP contribution in [0.5, 0.6) is 5.75 Å². The molecule has 0 radical (unpaired) electrons. The predicted molar refractivity (Wildman–Crippen MR) is 76.1 cm³/mol. The van der Waals surface area contributed by atoms with E-state index in [0.717, 1.165) is 24.2 Å². The first kappa shape index (κ1) is 13.2. The second-order valence-electron chi connectivity index (χ2n) is 5.75. The average Bonchev–Trinajstić information content (AvgIpc) is 2.31. The molecule has 1 fully saturated rings. The van der Waals surface area contributed by atoms with Crippen LogP contribution < -0.4 is 5.32 Å². The summed E-state index contributed by atoms with van der Waals surface area (Å²) < 4.78 is 0. The molecule has 1 aliphatic rings. The summed E-state index contributed by atoms with van der Waals surface area (Å²) in [6.45, 7) is 7.65. The van der Waals surface area contributed by atoms with Gasteiger partial charge in [0.25, 0.3) is 0 Å².